The fraction of sp³-hybridized carbons (Fsp3) is 0.516. The highest BCUT2D eigenvalue weighted by Crippen LogP contribution is 2.41. The topological polar surface area (TPSA) is 104 Å². The van der Waals surface area contributed by atoms with Gasteiger partial charge in [0.05, 0.1) is 37.3 Å². The van der Waals surface area contributed by atoms with Crippen LogP contribution in [0.4, 0.5) is 0 Å². The number of fused-ring (bicyclic) bond motifs is 6. The van der Waals surface area contributed by atoms with Gasteiger partial charge in [0.2, 0.25) is 5.91 Å². The van der Waals surface area contributed by atoms with Gasteiger partial charge in [0.25, 0.3) is 5.91 Å². The van der Waals surface area contributed by atoms with Gasteiger partial charge in [0.15, 0.2) is 5.96 Å². The maximum Gasteiger partial charge on any atom is 0.251 e. The highest BCUT2D eigenvalue weighted by Gasteiger charge is 2.44. The first-order chi connectivity index (χ1) is 18.7. The smallest absolute Gasteiger partial charge is 0.251 e. The summed E-state index contributed by atoms with van der Waals surface area (Å²) in [6.45, 7) is 7.10. The largest absolute Gasteiger partial charge is 0.493 e. The van der Waals surface area contributed by atoms with E-state index in [0.717, 1.165) is 48.8 Å². The van der Waals surface area contributed by atoms with Crippen LogP contribution < -0.4 is 15.4 Å². The van der Waals surface area contributed by atoms with Crippen LogP contribution >= 0.6 is 0 Å². The molecular weight excluding hydrogens is 492 g/mol. The van der Waals surface area contributed by atoms with Crippen molar-refractivity contribution in [2.24, 2.45) is 0 Å². The number of nitrogens with zero attached hydrogens (tertiary/aromatic N) is 1. The Balaban J connectivity index is 1.42. The first-order valence-electron chi connectivity index (χ1n) is 14.2. The number of rotatable bonds is 1. The van der Waals surface area contributed by atoms with Crippen molar-refractivity contribution in [2.75, 3.05) is 13.2 Å². The van der Waals surface area contributed by atoms with Gasteiger partial charge in [0.1, 0.15) is 5.75 Å². The summed E-state index contributed by atoms with van der Waals surface area (Å²) >= 11 is 0. The van der Waals surface area contributed by atoms with Gasteiger partial charge in [0, 0.05) is 23.1 Å². The van der Waals surface area contributed by atoms with Crippen LogP contribution in [0.25, 0.3) is 0 Å². The van der Waals surface area contributed by atoms with Crippen molar-refractivity contribution in [3.05, 3.63) is 64.2 Å². The SMILES string of the molecule is CC[C@]12CCCCc3ccc4c(c3)[C@H](COC4(C)C)NC(=O)c3ccc4c(c3)[C@@H](CCO4)N(C(=N)N1)C(=O)C2. The quantitative estimate of drug-likeness (QED) is 0.488. The molecule has 5 aliphatic rings. The lowest BCUT2D eigenvalue weighted by Crippen LogP contribution is -2.63. The highest BCUT2D eigenvalue weighted by atomic mass is 16.5. The number of ether oxygens (including phenoxy) is 2. The molecule has 8 nitrogen and oxygen atoms in total. The van der Waals surface area contributed by atoms with Crippen molar-refractivity contribution in [2.45, 2.75) is 88.9 Å². The van der Waals surface area contributed by atoms with E-state index in [0.29, 0.717) is 37.4 Å². The van der Waals surface area contributed by atoms with E-state index in [4.69, 9.17) is 14.9 Å². The van der Waals surface area contributed by atoms with Crippen LogP contribution in [0.3, 0.4) is 0 Å². The summed E-state index contributed by atoms with van der Waals surface area (Å²) in [5, 5.41) is 15.5. The number of hydrogen-bond donors (Lipinski definition) is 3. The normalized spacial score (nSPS) is 28.1. The molecule has 0 aliphatic carbocycles. The number of aryl methyl sites for hydroxylation is 1. The first-order valence-corrected chi connectivity index (χ1v) is 14.2. The van der Waals surface area contributed by atoms with E-state index in [1.165, 1.54) is 5.56 Å². The molecule has 7 rings (SSSR count). The fourth-order valence-electron chi connectivity index (χ4n) is 6.73. The van der Waals surface area contributed by atoms with Gasteiger partial charge in [-0.1, -0.05) is 31.5 Å². The Hall–Kier alpha value is -3.39. The number of guanidine groups is 1. The average Bonchev–Trinajstić information content (AvgIpc) is 2.91. The molecule has 0 aromatic heterocycles. The third kappa shape index (κ3) is 4.58. The van der Waals surface area contributed by atoms with Crippen molar-refractivity contribution in [3.8, 4) is 5.75 Å². The van der Waals surface area contributed by atoms with Gasteiger partial charge in [-0.25, -0.2) is 0 Å². The minimum Gasteiger partial charge on any atom is -0.493 e. The molecule has 2 aromatic rings. The Morgan fingerprint density at radius 2 is 1.95 bits per heavy atom. The second-order valence-corrected chi connectivity index (χ2v) is 11.9. The number of carbonyl (C=O) groups is 2. The molecule has 8 heteroatoms. The van der Waals surface area contributed by atoms with E-state index in [-0.39, 0.29) is 29.9 Å². The van der Waals surface area contributed by atoms with Crippen molar-refractivity contribution in [1.82, 2.24) is 15.5 Å². The molecule has 2 amide bonds. The third-order valence-corrected chi connectivity index (χ3v) is 9.08. The fourth-order valence-corrected chi connectivity index (χ4v) is 6.73. The predicted octanol–water partition coefficient (Wildman–Crippen LogP) is 4.88. The molecule has 1 saturated heterocycles. The summed E-state index contributed by atoms with van der Waals surface area (Å²) in [6, 6.07) is 11.3. The lowest BCUT2D eigenvalue weighted by atomic mass is 9.82. The van der Waals surface area contributed by atoms with E-state index < -0.39 is 11.1 Å². The number of carbonyl (C=O) groups excluding carboxylic acids is 2. The molecule has 3 atom stereocenters. The van der Waals surface area contributed by atoms with Crippen molar-refractivity contribution >= 4 is 17.8 Å². The Kier molecular flexibility index (Phi) is 6.41. The molecule has 5 aliphatic heterocycles. The number of hydrogen-bond acceptors (Lipinski definition) is 5. The molecule has 5 heterocycles. The molecule has 6 bridgehead atoms. The minimum atomic E-state index is -0.424. The van der Waals surface area contributed by atoms with Crippen LogP contribution in [-0.4, -0.2) is 41.4 Å². The third-order valence-electron chi connectivity index (χ3n) is 9.08. The maximum atomic E-state index is 13.6. The van der Waals surface area contributed by atoms with Crippen LogP contribution in [0, 0.1) is 5.41 Å². The van der Waals surface area contributed by atoms with E-state index >= 15 is 0 Å². The highest BCUT2D eigenvalue weighted by molar-refractivity contribution is 6.00. The van der Waals surface area contributed by atoms with Crippen LogP contribution in [-0.2, 0) is 21.6 Å². The van der Waals surface area contributed by atoms with Gasteiger partial charge in [-0.3, -0.25) is 19.9 Å². The van der Waals surface area contributed by atoms with Crippen molar-refractivity contribution in [3.63, 3.8) is 0 Å². The zero-order valence-electron chi connectivity index (χ0n) is 23.1. The van der Waals surface area contributed by atoms with Crippen molar-refractivity contribution in [1.29, 1.82) is 5.41 Å². The maximum absolute atomic E-state index is 13.6. The van der Waals surface area contributed by atoms with Gasteiger partial charge in [-0.15, -0.1) is 0 Å². The second-order valence-electron chi connectivity index (χ2n) is 11.9. The molecule has 2 aromatic carbocycles. The van der Waals surface area contributed by atoms with Crippen LogP contribution in [0.15, 0.2) is 36.4 Å². The van der Waals surface area contributed by atoms with Crippen LogP contribution in [0.1, 0.15) is 104 Å². The molecule has 39 heavy (non-hydrogen) atoms. The summed E-state index contributed by atoms with van der Waals surface area (Å²) < 4.78 is 12.1. The lowest BCUT2D eigenvalue weighted by Gasteiger charge is -2.46. The van der Waals surface area contributed by atoms with E-state index in [9.17, 15) is 9.59 Å². The first kappa shape index (κ1) is 25.9. The zero-order valence-corrected chi connectivity index (χ0v) is 23.1. The summed E-state index contributed by atoms with van der Waals surface area (Å²) in [6.07, 6.45) is 5.39. The predicted molar refractivity (Wildman–Crippen MR) is 148 cm³/mol. The average molecular weight is 531 g/mol. The monoisotopic (exact) mass is 530 g/mol. The molecule has 206 valence electrons. The standard InChI is InChI=1S/C31H38N4O4/c1-4-31-13-6-5-7-19-8-10-23-21(15-19)24(18-39-30(23,2)3)33-28(37)20-9-11-26-22(16-20)25(12-14-38-26)35(27(36)17-31)29(32)34-31/h8-11,15-16,24-25H,4-7,12-14,17-18H2,1-3H3,(H2,32,34)(H,33,37)/t24-,25+,31+/m0/s1. The summed E-state index contributed by atoms with van der Waals surface area (Å²) in [5.74, 6) is 0.555. The van der Waals surface area contributed by atoms with Gasteiger partial charge in [-0.2, -0.15) is 0 Å². The molecule has 0 saturated carbocycles. The number of nitrogens with one attached hydrogen (secondary N) is 3. The molecule has 3 N–H and O–H groups in total. The molecule has 0 spiro atoms. The summed E-state index contributed by atoms with van der Waals surface area (Å²) in [5.41, 5.74) is 3.89. The summed E-state index contributed by atoms with van der Waals surface area (Å²) in [7, 11) is 0. The minimum absolute atomic E-state index is 0.0448. The van der Waals surface area contributed by atoms with E-state index in [1.54, 1.807) is 11.0 Å². The van der Waals surface area contributed by atoms with Crippen LogP contribution in [0.5, 0.6) is 5.75 Å². The van der Waals surface area contributed by atoms with Crippen molar-refractivity contribution < 1.29 is 19.1 Å². The Morgan fingerprint density at radius 1 is 1.10 bits per heavy atom. The Bertz CT molecular complexity index is 1320. The molecule has 1 fully saturated rings. The Morgan fingerprint density at radius 3 is 2.74 bits per heavy atom. The number of benzene rings is 2. The molecule has 0 unspecified atom stereocenters. The molecular formula is C31H38N4O4. The number of amides is 2. The van der Waals surface area contributed by atoms with Crippen LogP contribution in [0.2, 0.25) is 0 Å². The lowest BCUT2D eigenvalue weighted by molar-refractivity contribution is -0.133. The molecule has 0 radical (unpaired) electrons. The summed E-state index contributed by atoms with van der Waals surface area (Å²) in [4.78, 5) is 28.8. The zero-order chi connectivity index (χ0) is 27.4. The second kappa shape index (κ2) is 9.66. The Labute approximate surface area is 229 Å². The van der Waals surface area contributed by atoms with Gasteiger partial charge >= 0.3 is 0 Å². The van der Waals surface area contributed by atoms with Gasteiger partial charge in [-0.05, 0) is 74.4 Å². The van der Waals surface area contributed by atoms with E-state index in [2.05, 4.69) is 49.6 Å². The van der Waals surface area contributed by atoms with E-state index in [1.807, 2.05) is 12.1 Å². The van der Waals surface area contributed by atoms with Gasteiger partial charge < -0.3 is 20.1 Å².